The van der Waals surface area contributed by atoms with Crippen LogP contribution in [-0.4, -0.2) is 18.1 Å². The molecule has 1 fully saturated rings. The zero-order valence-electron chi connectivity index (χ0n) is 6.09. The molecule has 60 valence electrons. The van der Waals surface area contributed by atoms with E-state index in [0.29, 0.717) is 0 Å². The third kappa shape index (κ3) is 1.56. The molecular weight excluding hydrogens is 224 g/mol. The lowest BCUT2D eigenvalue weighted by Gasteiger charge is -2.11. The fourth-order valence-corrected chi connectivity index (χ4v) is 2.53. The number of hydrogen-bond acceptors (Lipinski definition) is 3. The van der Waals surface area contributed by atoms with E-state index in [1.165, 1.54) is 25.9 Å². The Bertz CT molecular complexity index is 242. The highest BCUT2D eigenvalue weighted by Crippen LogP contribution is 2.28. The number of halogens is 1. The minimum Gasteiger partial charge on any atom is -0.348 e. The Hall–Kier alpha value is -0.0900. The van der Waals surface area contributed by atoms with Gasteiger partial charge in [0.1, 0.15) is 0 Å². The van der Waals surface area contributed by atoms with Crippen LogP contribution in [0.15, 0.2) is 9.98 Å². The van der Waals surface area contributed by atoms with Crippen LogP contribution in [0.2, 0.25) is 0 Å². The van der Waals surface area contributed by atoms with Crippen LogP contribution in [0, 0.1) is 0 Å². The molecule has 0 atom stereocenters. The van der Waals surface area contributed by atoms with Crippen molar-refractivity contribution in [1.29, 1.82) is 0 Å². The summed E-state index contributed by atoms with van der Waals surface area (Å²) < 4.78 is 1.12. The van der Waals surface area contributed by atoms with Crippen LogP contribution in [-0.2, 0) is 0 Å². The summed E-state index contributed by atoms with van der Waals surface area (Å²) in [6, 6.07) is 0. The first-order valence-electron chi connectivity index (χ1n) is 3.72. The molecule has 0 aromatic carbocycles. The standard InChI is InChI=1S/C7H9BrN2S/c8-6-5-9-7(11-6)10-3-1-2-4-10/h5H,1-4H2. The molecule has 1 aromatic rings. The van der Waals surface area contributed by atoms with Crippen molar-refractivity contribution in [2.75, 3.05) is 18.0 Å². The van der Waals surface area contributed by atoms with Crippen LogP contribution in [0.4, 0.5) is 5.13 Å². The first kappa shape index (κ1) is 7.55. The van der Waals surface area contributed by atoms with Crippen molar-refractivity contribution in [2.24, 2.45) is 0 Å². The summed E-state index contributed by atoms with van der Waals surface area (Å²) in [4.78, 5) is 6.64. The Labute approximate surface area is 78.4 Å². The Morgan fingerprint density at radius 3 is 2.73 bits per heavy atom. The second-order valence-electron chi connectivity index (χ2n) is 2.64. The first-order valence-corrected chi connectivity index (χ1v) is 5.33. The molecule has 2 heterocycles. The normalized spacial score (nSPS) is 17.7. The average molecular weight is 233 g/mol. The van der Waals surface area contributed by atoms with Crippen molar-refractivity contribution in [2.45, 2.75) is 12.8 Å². The molecule has 1 aliphatic heterocycles. The van der Waals surface area contributed by atoms with E-state index in [1.54, 1.807) is 11.3 Å². The zero-order chi connectivity index (χ0) is 7.68. The highest BCUT2D eigenvalue weighted by atomic mass is 79.9. The van der Waals surface area contributed by atoms with Crippen LogP contribution in [0.3, 0.4) is 0 Å². The lowest BCUT2D eigenvalue weighted by atomic mass is 10.4. The summed E-state index contributed by atoms with van der Waals surface area (Å²) in [5, 5.41) is 1.16. The quantitative estimate of drug-likeness (QED) is 0.740. The van der Waals surface area contributed by atoms with Gasteiger partial charge in [0.15, 0.2) is 5.13 Å². The van der Waals surface area contributed by atoms with E-state index in [9.17, 15) is 0 Å². The fraction of sp³-hybridized carbons (Fsp3) is 0.571. The highest BCUT2D eigenvalue weighted by molar-refractivity contribution is 9.11. The Balaban J connectivity index is 2.15. The predicted octanol–water partition coefficient (Wildman–Crippen LogP) is 2.51. The highest BCUT2D eigenvalue weighted by Gasteiger charge is 2.14. The van der Waals surface area contributed by atoms with Gasteiger partial charge < -0.3 is 4.90 Å². The van der Waals surface area contributed by atoms with Gasteiger partial charge in [-0.1, -0.05) is 11.3 Å². The summed E-state index contributed by atoms with van der Waals surface area (Å²) in [6.07, 6.45) is 4.51. The molecule has 11 heavy (non-hydrogen) atoms. The number of thiazole rings is 1. The summed E-state index contributed by atoms with van der Waals surface area (Å²) in [5.74, 6) is 0. The van der Waals surface area contributed by atoms with Gasteiger partial charge in [0.25, 0.3) is 0 Å². The third-order valence-electron chi connectivity index (χ3n) is 1.84. The summed E-state index contributed by atoms with van der Waals surface area (Å²) in [6.45, 7) is 2.36. The number of anilines is 1. The van der Waals surface area contributed by atoms with E-state index in [1.807, 2.05) is 6.20 Å². The number of hydrogen-bond donors (Lipinski definition) is 0. The van der Waals surface area contributed by atoms with Crippen molar-refractivity contribution in [3.05, 3.63) is 9.98 Å². The molecule has 2 nitrogen and oxygen atoms in total. The van der Waals surface area contributed by atoms with E-state index in [-0.39, 0.29) is 0 Å². The van der Waals surface area contributed by atoms with Crippen molar-refractivity contribution in [3.8, 4) is 0 Å². The van der Waals surface area contributed by atoms with E-state index in [0.717, 1.165) is 8.92 Å². The minimum atomic E-state index is 1.12. The maximum absolute atomic E-state index is 4.30. The summed E-state index contributed by atoms with van der Waals surface area (Å²) >= 11 is 5.13. The zero-order valence-corrected chi connectivity index (χ0v) is 8.49. The molecule has 1 aromatic heterocycles. The lowest BCUT2D eigenvalue weighted by molar-refractivity contribution is 0.949. The van der Waals surface area contributed by atoms with Gasteiger partial charge in [0.05, 0.1) is 9.98 Å². The molecule has 0 unspecified atom stereocenters. The molecular formula is C7H9BrN2S. The number of aromatic nitrogens is 1. The largest absolute Gasteiger partial charge is 0.348 e. The van der Waals surface area contributed by atoms with E-state index >= 15 is 0 Å². The van der Waals surface area contributed by atoms with Gasteiger partial charge in [-0.3, -0.25) is 0 Å². The molecule has 0 saturated carbocycles. The lowest BCUT2D eigenvalue weighted by Crippen LogP contribution is -2.16. The molecule has 0 aliphatic carbocycles. The van der Waals surface area contributed by atoms with Gasteiger partial charge in [0, 0.05) is 13.1 Å². The van der Waals surface area contributed by atoms with Crippen LogP contribution < -0.4 is 4.90 Å². The SMILES string of the molecule is Brc1cnc(N2CCCC2)s1. The molecule has 0 radical (unpaired) electrons. The maximum Gasteiger partial charge on any atom is 0.186 e. The van der Waals surface area contributed by atoms with Crippen molar-refractivity contribution in [3.63, 3.8) is 0 Å². The molecule has 1 aliphatic rings. The number of nitrogens with zero attached hydrogens (tertiary/aromatic N) is 2. The molecule has 4 heteroatoms. The van der Waals surface area contributed by atoms with Crippen LogP contribution in [0.1, 0.15) is 12.8 Å². The van der Waals surface area contributed by atoms with Crippen molar-refractivity contribution < 1.29 is 0 Å². The van der Waals surface area contributed by atoms with Gasteiger partial charge in [-0.25, -0.2) is 4.98 Å². The van der Waals surface area contributed by atoms with E-state index < -0.39 is 0 Å². The topological polar surface area (TPSA) is 16.1 Å². The van der Waals surface area contributed by atoms with Crippen LogP contribution >= 0.6 is 27.3 Å². The van der Waals surface area contributed by atoms with Crippen LogP contribution in [0.5, 0.6) is 0 Å². The van der Waals surface area contributed by atoms with Gasteiger partial charge in [-0.15, -0.1) is 0 Å². The third-order valence-corrected chi connectivity index (χ3v) is 3.38. The second kappa shape index (κ2) is 3.11. The fourth-order valence-electron chi connectivity index (χ4n) is 1.30. The number of rotatable bonds is 1. The van der Waals surface area contributed by atoms with E-state index in [4.69, 9.17) is 0 Å². The smallest absolute Gasteiger partial charge is 0.186 e. The molecule has 0 bridgehead atoms. The molecule has 0 amide bonds. The Morgan fingerprint density at radius 2 is 2.18 bits per heavy atom. The maximum atomic E-state index is 4.30. The van der Waals surface area contributed by atoms with Gasteiger partial charge in [0.2, 0.25) is 0 Å². The van der Waals surface area contributed by atoms with E-state index in [2.05, 4.69) is 25.8 Å². The van der Waals surface area contributed by atoms with Crippen molar-refractivity contribution >= 4 is 32.4 Å². The molecule has 0 N–H and O–H groups in total. The monoisotopic (exact) mass is 232 g/mol. The summed E-state index contributed by atoms with van der Waals surface area (Å²) in [7, 11) is 0. The molecule has 0 spiro atoms. The van der Waals surface area contributed by atoms with Crippen molar-refractivity contribution in [1.82, 2.24) is 4.98 Å². The Kier molecular flexibility index (Phi) is 2.13. The van der Waals surface area contributed by atoms with Gasteiger partial charge in [-0.05, 0) is 28.8 Å². The average Bonchev–Trinajstić information content (AvgIpc) is 2.55. The van der Waals surface area contributed by atoms with Gasteiger partial charge >= 0.3 is 0 Å². The van der Waals surface area contributed by atoms with Gasteiger partial charge in [-0.2, -0.15) is 0 Å². The minimum absolute atomic E-state index is 1.12. The first-order chi connectivity index (χ1) is 5.36. The second-order valence-corrected chi connectivity index (χ2v) is 5.03. The predicted molar refractivity (Wildman–Crippen MR) is 51.3 cm³/mol. The summed E-state index contributed by atoms with van der Waals surface area (Å²) in [5.41, 5.74) is 0. The Morgan fingerprint density at radius 1 is 1.45 bits per heavy atom. The molecule has 1 saturated heterocycles. The van der Waals surface area contributed by atoms with Crippen LogP contribution in [0.25, 0.3) is 0 Å². The molecule has 2 rings (SSSR count).